The largest absolute Gasteiger partial charge is 0.468 e. The van der Waals surface area contributed by atoms with E-state index in [9.17, 15) is 0 Å². The molecule has 1 N–H and O–H groups in total. The second kappa shape index (κ2) is 7.12. The van der Waals surface area contributed by atoms with Crippen molar-refractivity contribution in [2.45, 2.75) is 26.0 Å². The minimum Gasteiger partial charge on any atom is -0.468 e. The van der Waals surface area contributed by atoms with Gasteiger partial charge in [-0.15, -0.1) is 0 Å². The zero-order chi connectivity index (χ0) is 13.5. The van der Waals surface area contributed by atoms with Crippen LogP contribution in [0, 0.1) is 0 Å². The molecule has 1 aromatic heterocycles. The molecule has 1 heterocycles. The van der Waals surface area contributed by atoms with Gasteiger partial charge in [0.2, 0.25) is 0 Å². The van der Waals surface area contributed by atoms with Gasteiger partial charge in [-0.2, -0.15) is 0 Å². The maximum absolute atomic E-state index is 5.94. The molecule has 0 aliphatic carbocycles. The highest BCUT2D eigenvalue weighted by Gasteiger charge is 2.26. The zero-order valence-corrected chi connectivity index (χ0v) is 11.5. The third kappa shape index (κ3) is 3.46. The Kier molecular flexibility index (Phi) is 5.19. The van der Waals surface area contributed by atoms with Crippen molar-refractivity contribution in [1.29, 1.82) is 0 Å². The van der Waals surface area contributed by atoms with E-state index < -0.39 is 0 Å². The van der Waals surface area contributed by atoms with Gasteiger partial charge in [0.1, 0.15) is 11.9 Å². The number of furan rings is 1. The Balaban J connectivity index is 2.29. The third-order valence-electron chi connectivity index (χ3n) is 3.05. The molecule has 1 aromatic carbocycles. The lowest BCUT2D eigenvalue weighted by Crippen LogP contribution is -2.28. The minimum atomic E-state index is -0.0442. The van der Waals surface area contributed by atoms with Crippen LogP contribution in [0.15, 0.2) is 53.1 Å². The summed E-state index contributed by atoms with van der Waals surface area (Å²) in [5.41, 5.74) is 1.16. The van der Waals surface area contributed by atoms with Crippen molar-refractivity contribution < 1.29 is 9.15 Å². The first-order valence-corrected chi connectivity index (χ1v) is 6.80. The molecule has 0 fully saturated rings. The van der Waals surface area contributed by atoms with Crippen molar-refractivity contribution in [3.8, 4) is 0 Å². The zero-order valence-electron chi connectivity index (χ0n) is 11.5. The molecule has 2 atom stereocenters. The summed E-state index contributed by atoms with van der Waals surface area (Å²) in [7, 11) is 0. The number of hydrogen-bond acceptors (Lipinski definition) is 3. The van der Waals surface area contributed by atoms with Crippen LogP contribution in [0.5, 0.6) is 0 Å². The number of ether oxygens (including phenoxy) is 1. The molecule has 0 amide bonds. The van der Waals surface area contributed by atoms with Gasteiger partial charge in [-0.3, -0.25) is 0 Å². The van der Waals surface area contributed by atoms with Crippen LogP contribution in [-0.4, -0.2) is 13.2 Å². The van der Waals surface area contributed by atoms with E-state index >= 15 is 0 Å². The van der Waals surface area contributed by atoms with E-state index in [0.29, 0.717) is 6.61 Å². The lowest BCUT2D eigenvalue weighted by atomic mass is 10.00. The van der Waals surface area contributed by atoms with Crippen LogP contribution < -0.4 is 5.32 Å². The molecule has 0 bridgehead atoms. The molecule has 3 heteroatoms. The first kappa shape index (κ1) is 13.8. The summed E-state index contributed by atoms with van der Waals surface area (Å²) in [6.45, 7) is 5.63. The Morgan fingerprint density at radius 2 is 1.89 bits per heavy atom. The second-order valence-electron chi connectivity index (χ2n) is 4.34. The number of rotatable bonds is 7. The Bertz CT molecular complexity index is 453. The maximum Gasteiger partial charge on any atom is 0.123 e. The molecular weight excluding hydrogens is 238 g/mol. The van der Waals surface area contributed by atoms with Crippen LogP contribution in [-0.2, 0) is 4.74 Å². The van der Waals surface area contributed by atoms with E-state index in [4.69, 9.17) is 9.15 Å². The number of benzene rings is 1. The van der Waals surface area contributed by atoms with Gasteiger partial charge in [-0.05, 0) is 31.2 Å². The molecular formula is C16H21NO2. The van der Waals surface area contributed by atoms with Gasteiger partial charge >= 0.3 is 0 Å². The molecule has 102 valence electrons. The fourth-order valence-corrected chi connectivity index (χ4v) is 2.25. The monoisotopic (exact) mass is 259 g/mol. The van der Waals surface area contributed by atoms with Crippen LogP contribution in [0.25, 0.3) is 0 Å². The van der Waals surface area contributed by atoms with Crippen LogP contribution >= 0.6 is 0 Å². The van der Waals surface area contributed by atoms with E-state index in [1.807, 2.05) is 37.3 Å². The van der Waals surface area contributed by atoms with Crippen LogP contribution in [0.1, 0.15) is 37.3 Å². The first-order chi connectivity index (χ1) is 9.36. The molecule has 19 heavy (non-hydrogen) atoms. The van der Waals surface area contributed by atoms with E-state index in [1.54, 1.807) is 6.26 Å². The number of hydrogen-bond donors (Lipinski definition) is 1. The molecule has 3 nitrogen and oxygen atoms in total. The smallest absolute Gasteiger partial charge is 0.123 e. The summed E-state index contributed by atoms with van der Waals surface area (Å²) in [6, 6.07) is 14.2. The van der Waals surface area contributed by atoms with E-state index in [2.05, 4.69) is 24.4 Å². The fraction of sp³-hybridized carbons (Fsp3) is 0.375. The van der Waals surface area contributed by atoms with Gasteiger partial charge in [0.05, 0.1) is 12.3 Å². The lowest BCUT2D eigenvalue weighted by Gasteiger charge is -2.26. The van der Waals surface area contributed by atoms with Gasteiger partial charge in [0, 0.05) is 6.61 Å². The van der Waals surface area contributed by atoms with Crippen LogP contribution in [0.4, 0.5) is 0 Å². The van der Waals surface area contributed by atoms with Crippen molar-refractivity contribution in [1.82, 2.24) is 5.32 Å². The molecule has 2 unspecified atom stereocenters. The summed E-state index contributed by atoms with van der Waals surface area (Å²) in [6.07, 6.45) is 1.66. The summed E-state index contributed by atoms with van der Waals surface area (Å²) in [5, 5.41) is 3.45. The molecule has 0 radical (unpaired) electrons. The van der Waals surface area contributed by atoms with E-state index in [-0.39, 0.29) is 12.1 Å². The second-order valence-corrected chi connectivity index (χ2v) is 4.34. The normalized spacial score (nSPS) is 14.2. The maximum atomic E-state index is 5.94. The number of nitrogens with one attached hydrogen (secondary N) is 1. The molecule has 0 aliphatic rings. The molecule has 0 saturated heterocycles. The van der Waals surface area contributed by atoms with Gasteiger partial charge < -0.3 is 14.5 Å². The molecule has 0 saturated carbocycles. The van der Waals surface area contributed by atoms with Crippen molar-refractivity contribution in [3.63, 3.8) is 0 Å². The summed E-state index contributed by atoms with van der Waals surface area (Å²) in [4.78, 5) is 0. The fourth-order valence-electron chi connectivity index (χ4n) is 2.25. The summed E-state index contributed by atoms with van der Waals surface area (Å²) < 4.78 is 11.5. The average Bonchev–Trinajstić information content (AvgIpc) is 2.97. The van der Waals surface area contributed by atoms with Crippen molar-refractivity contribution in [3.05, 3.63) is 60.1 Å². The highest BCUT2D eigenvalue weighted by molar-refractivity contribution is 5.22. The highest BCUT2D eigenvalue weighted by Crippen LogP contribution is 2.32. The van der Waals surface area contributed by atoms with Crippen LogP contribution in [0.3, 0.4) is 0 Å². The lowest BCUT2D eigenvalue weighted by molar-refractivity contribution is 0.0273. The average molecular weight is 259 g/mol. The standard InChI is InChI=1S/C16H21NO2/c1-3-17-15(14-11-8-12-19-14)16(18-4-2)13-9-6-5-7-10-13/h5-12,15-17H,3-4H2,1-2H3. The Morgan fingerprint density at radius 3 is 2.47 bits per heavy atom. The predicted octanol–water partition coefficient (Wildman–Crippen LogP) is 3.71. The number of likely N-dealkylation sites (N-methyl/N-ethyl adjacent to an activating group) is 1. The van der Waals surface area contributed by atoms with E-state index in [0.717, 1.165) is 17.9 Å². The molecule has 0 spiro atoms. The molecule has 2 aromatic rings. The quantitative estimate of drug-likeness (QED) is 0.823. The SMILES string of the molecule is CCNC(c1ccco1)C(OCC)c1ccccc1. The van der Waals surface area contributed by atoms with Crippen molar-refractivity contribution in [2.75, 3.05) is 13.2 Å². The third-order valence-corrected chi connectivity index (χ3v) is 3.05. The van der Waals surface area contributed by atoms with Crippen molar-refractivity contribution >= 4 is 0 Å². The Labute approximate surface area is 114 Å². The highest BCUT2D eigenvalue weighted by atomic mass is 16.5. The topological polar surface area (TPSA) is 34.4 Å². The summed E-state index contributed by atoms with van der Waals surface area (Å²) in [5.74, 6) is 0.907. The predicted molar refractivity (Wildman–Crippen MR) is 75.9 cm³/mol. The van der Waals surface area contributed by atoms with Crippen LogP contribution in [0.2, 0.25) is 0 Å². The van der Waals surface area contributed by atoms with Gasteiger partial charge in [0.25, 0.3) is 0 Å². The Hall–Kier alpha value is -1.58. The van der Waals surface area contributed by atoms with Gasteiger partial charge in [-0.25, -0.2) is 0 Å². The molecule has 2 rings (SSSR count). The van der Waals surface area contributed by atoms with Crippen molar-refractivity contribution in [2.24, 2.45) is 0 Å². The summed E-state index contributed by atoms with van der Waals surface area (Å²) >= 11 is 0. The van der Waals surface area contributed by atoms with Gasteiger partial charge in [0.15, 0.2) is 0 Å². The Morgan fingerprint density at radius 1 is 1.11 bits per heavy atom. The molecule has 0 aliphatic heterocycles. The van der Waals surface area contributed by atoms with E-state index in [1.165, 1.54) is 0 Å². The minimum absolute atomic E-state index is 0.0300. The van der Waals surface area contributed by atoms with Gasteiger partial charge in [-0.1, -0.05) is 37.3 Å². The first-order valence-electron chi connectivity index (χ1n) is 6.80.